The average molecular weight is 335 g/mol. The molecule has 2 heteroatoms. The number of aliphatic hydroxyl groups excluding tert-OH is 1. The van der Waals surface area contributed by atoms with E-state index < -0.39 is 0 Å². The first-order valence-corrected chi connectivity index (χ1v) is 10.0. The summed E-state index contributed by atoms with van der Waals surface area (Å²) in [5.41, 5.74) is 0.738. The Hall–Kier alpha value is -0.370. The van der Waals surface area contributed by atoms with Crippen LogP contribution >= 0.6 is 0 Å². The monoisotopic (exact) mass is 334 g/mol. The quantitative estimate of drug-likeness (QED) is 0.713. The Kier molecular flexibility index (Phi) is 4.69. The first-order chi connectivity index (χ1) is 10.9. The Morgan fingerprint density at radius 3 is 2.29 bits per heavy atom. The molecule has 4 rings (SSSR count). The van der Waals surface area contributed by atoms with Crippen molar-refractivity contribution < 1.29 is 9.90 Å². The second-order valence-corrected chi connectivity index (χ2v) is 9.87. The number of hydrogen-bond acceptors (Lipinski definition) is 2. The number of rotatable bonds is 1. The Labute approximate surface area is 148 Å². The van der Waals surface area contributed by atoms with Crippen molar-refractivity contribution in [3.63, 3.8) is 0 Å². The van der Waals surface area contributed by atoms with Crippen molar-refractivity contribution in [1.82, 2.24) is 0 Å². The molecule has 8 atom stereocenters. The van der Waals surface area contributed by atoms with E-state index in [0.29, 0.717) is 17.1 Å². The molecule has 138 valence electrons. The highest BCUT2D eigenvalue weighted by Crippen LogP contribution is 2.67. The van der Waals surface area contributed by atoms with E-state index in [0.717, 1.165) is 42.9 Å². The van der Waals surface area contributed by atoms with E-state index in [1.807, 2.05) is 6.92 Å². The molecule has 1 N–H and O–H groups in total. The molecule has 8 unspecified atom stereocenters. The van der Waals surface area contributed by atoms with Crippen LogP contribution in [0.1, 0.15) is 86.0 Å². The number of hydrogen-bond donors (Lipinski definition) is 1. The lowest BCUT2D eigenvalue weighted by Crippen LogP contribution is -2.54. The zero-order chi connectivity index (χ0) is 16.4. The number of fused-ring (bicyclic) bond motifs is 5. The molecular formula is C22H38O2. The summed E-state index contributed by atoms with van der Waals surface area (Å²) in [6.07, 6.45) is 10.9. The van der Waals surface area contributed by atoms with Gasteiger partial charge in [0.2, 0.25) is 0 Å². The molecule has 0 saturated heterocycles. The highest BCUT2D eigenvalue weighted by atomic mass is 16.3. The number of Topliss-reactive ketones (excluding diaryl/α,β-unsaturated/α-hetero) is 1. The van der Waals surface area contributed by atoms with Crippen molar-refractivity contribution >= 4 is 5.78 Å². The van der Waals surface area contributed by atoms with Crippen LogP contribution < -0.4 is 0 Å². The fourth-order valence-corrected chi connectivity index (χ4v) is 7.90. The van der Waals surface area contributed by atoms with Crippen LogP contribution in [-0.4, -0.2) is 17.0 Å². The van der Waals surface area contributed by atoms with E-state index in [1.165, 1.54) is 38.5 Å². The van der Waals surface area contributed by atoms with Crippen LogP contribution in [0.15, 0.2) is 0 Å². The molecule has 0 radical (unpaired) electrons. The molecule has 24 heavy (non-hydrogen) atoms. The molecule has 4 aliphatic rings. The molecule has 0 aromatic carbocycles. The van der Waals surface area contributed by atoms with Gasteiger partial charge in [0.05, 0.1) is 6.10 Å². The Morgan fingerprint density at radius 2 is 1.58 bits per heavy atom. The molecule has 2 nitrogen and oxygen atoms in total. The Bertz CT molecular complexity index is 500. The van der Waals surface area contributed by atoms with E-state index in [1.54, 1.807) is 0 Å². The van der Waals surface area contributed by atoms with Crippen LogP contribution in [0.2, 0.25) is 0 Å². The molecule has 4 aliphatic carbocycles. The maximum atomic E-state index is 12.2. The van der Waals surface area contributed by atoms with Crippen LogP contribution in [0, 0.1) is 40.4 Å². The predicted octanol–water partition coefficient (Wildman–Crippen LogP) is 5.23. The van der Waals surface area contributed by atoms with Crippen molar-refractivity contribution in [2.45, 2.75) is 92.1 Å². The molecule has 4 saturated carbocycles. The molecular weight excluding hydrogens is 296 g/mol. The minimum atomic E-state index is -0.0490. The summed E-state index contributed by atoms with van der Waals surface area (Å²) in [5, 5.41) is 10.1. The van der Waals surface area contributed by atoms with E-state index in [9.17, 15) is 9.90 Å². The van der Waals surface area contributed by atoms with Gasteiger partial charge in [-0.25, -0.2) is 0 Å². The largest absolute Gasteiger partial charge is 0.393 e. The average Bonchev–Trinajstić information content (AvgIpc) is 2.85. The Morgan fingerprint density at radius 1 is 0.917 bits per heavy atom. The topological polar surface area (TPSA) is 37.3 Å². The molecule has 0 aliphatic heterocycles. The van der Waals surface area contributed by atoms with Gasteiger partial charge in [0.25, 0.3) is 0 Å². The van der Waals surface area contributed by atoms with Gasteiger partial charge in [0.1, 0.15) is 5.78 Å². The summed E-state index contributed by atoms with van der Waals surface area (Å²) in [5.74, 6) is 3.97. The van der Waals surface area contributed by atoms with E-state index in [4.69, 9.17) is 0 Å². The zero-order valence-electron chi connectivity index (χ0n) is 15.2. The summed E-state index contributed by atoms with van der Waals surface area (Å²) in [4.78, 5) is 12.2. The van der Waals surface area contributed by atoms with E-state index in [2.05, 4.69) is 13.8 Å². The van der Waals surface area contributed by atoms with Crippen molar-refractivity contribution in [2.24, 2.45) is 40.4 Å². The summed E-state index contributed by atoms with van der Waals surface area (Å²) in [6.45, 7) is 6.80. The van der Waals surface area contributed by atoms with Gasteiger partial charge in [-0.15, -0.1) is 0 Å². The van der Waals surface area contributed by atoms with E-state index in [-0.39, 0.29) is 18.9 Å². The van der Waals surface area contributed by atoms with Crippen molar-refractivity contribution in [3.8, 4) is 0 Å². The third kappa shape index (κ3) is 2.42. The molecule has 0 amide bonds. The normalized spacial score (nSPS) is 53.3. The SMILES string of the molecule is C.CC(=O)C1CCC2C3CCC4CC(O)CCC4(C)C3CCC12C. The lowest BCUT2D eigenvalue weighted by atomic mass is 9.44. The first kappa shape index (κ1) is 18.4. The third-order valence-corrected chi connectivity index (χ3v) is 9.13. The smallest absolute Gasteiger partial charge is 0.133 e. The van der Waals surface area contributed by atoms with Crippen LogP contribution in [0.25, 0.3) is 0 Å². The summed E-state index contributed by atoms with van der Waals surface area (Å²) >= 11 is 0. The molecule has 4 fully saturated rings. The lowest BCUT2D eigenvalue weighted by molar-refractivity contribution is -0.138. The second kappa shape index (κ2) is 6.11. The molecule has 0 aromatic rings. The van der Waals surface area contributed by atoms with Crippen LogP contribution in [0.4, 0.5) is 0 Å². The lowest BCUT2D eigenvalue weighted by Gasteiger charge is -2.60. The highest BCUT2D eigenvalue weighted by Gasteiger charge is 2.60. The van der Waals surface area contributed by atoms with Gasteiger partial charge in [-0.3, -0.25) is 4.79 Å². The zero-order valence-corrected chi connectivity index (χ0v) is 15.2. The predicted molar refractivity (Wildman–Crippen MR) is 98.6 cm³/mol. The third-order valence-electron chi connectivity index (χ3n) is 9.13. The van der Waals surface area contributed by atoms with Gasteiger partial charge >= 0.3 is 0 Å². The second-order valence-electron chi connectivity index (χ2n) is 9.87. The van der Waals surface area contributed by atoms with Gasteiger partial charge in [-0.1, -0.05) is 21.3 Å². The molecule has 0 bridgehead atoms. The Balaban J connectivity index is 0.00000169. The molecule has 0 heterocycles. The minimum Gasteiger partial charge on any atom is -0.393 e. The van der Waals surface area contributed by atoms with Crippen molar-refractivity contribution in [2.75, 3.05) is 0 Å². The number of ketones is 1. The van der Waals surface area contributed by atoms with Gasteiger partial charge in [-0.05, 0) is 99.2 Å². The van der Waals surface area contributed by atoms with Crippen LogP contribution in [0.5, 0.6) is 0 Å². The molecule has 0 spiro atoms. The fraction of sp³-hybridized carbons (Fsp3) is 0.955. The number of carbonyl (C=O) groups excluding carboxylic acids is 1. The van der Waals surface area contributed by atoms with Gasteiger partial charge in [0.15, 0.2) is 0 Å². The van der Waals surface area contributed by atoms with Crippen LogP contribution in [-0.2, 0) is 4.79 Å². The molecule has 0 aromatic heterocycles. The standard InChI is InChI=1S/C21H34O2.CH4/c1-13(22)17-6-7-18-16-5-4-14-12-15(23)8-10-20(14,2)19(16)9-11-21(17,18)3;/h14-19,23H,4-12H2,1-3H3;1H4. The number of carbonyl (C=O) groups is 1. The van der Waals surface area contributed by atoms with Crippen LogP contribution in [0.3, 0.4) is 0 Å². The van der Waals surface area contributed by atoms with Gasteiger partial charge in [-0.2, -0.15) is 0 Å². The van der Waals surface area contributed by atoms with E-state index >= 15 is 0 Å². The first-order valence-electron chi connectivity index (χ1n) is 10.0. The maximum absolute atomic E-state index is 12.2. The fourth-order valence-electron chi connectivity index (χ4n) is 7.90. The van der Waals surface area contributed by atoms with Gasteiger partial charge in [0, 0.05) is 5.92 Å². The van der Waals surface area contributed by atoms with Gasteiger partial charge < -0.3 is 5.11 Å². The summed E-state index contributed by atoms with van der Waals surface area (Å²) < 4.78 is 0. The number of aliphatic hydroxyl groups is 1. The maximum Gasteiger partial charge on any atom is 0.133 e. The van der Waals surface area contributed by atoms with Crippen molar-refractivity contribution in [1.29, 1.82) is 0 Å². The minimum absolute atomic E-state index is 0. The summed E-state index contributed by atoms with van der Waals surface area (Å²) in [7, 11) is 0. The van der Waals surface area contributed by atoms with Crippen molar-refractivity contribution in [3.05, 3.63) is 0 Å². The summed E-state index contributed by atoms with van der Waals surface area (Å²) in [6, 6.07) is 0. The highest BCUT2D eigenvalue weighted by molar-refractivity contribution is 5.79.